The number of aliphatic hydroxyl groups is 1. The fourth-order valence-electron chi connectivity index (χ4n) is 1.84. The van der Waals surface area contributed by atoms with Crippen LogP contribution in [0.4, 0.5) is 10.1 Å². The Balaban J connectivity index is 1.99. The quantitative estimate of drug-likeness (QED) is 0.849. The maximum Gasteiger partial charge on any atom is 0.123 e. The predicted octanol–water partition coefficient (Wildman–Crippen LogP) is 2.84. The van der Waals surface area contributed by atoms with E-state index in [1.54, 1.807) is 12.1 Å². The van der Waals surface area contributed by atoms with Crippen molar-refractivity contribution < 1.29 is 9.50 Å². The number of anilines is 1. The minimum absolute atomic E-state index is 0.0340. The highest BCUT2D eigenvalue weighted by Crippen LogP contribution is 2.12. The van der Waals surface area contributed by atoms with Gasteiger partial charge in [-0.15, -0.1) is 0 Å². The molecule has 0 amide bonds. The largest absolute Gasteiger partial charge is 0.394 e. The molecule has 0 aliphatic rings. The molecule has 0 bridgehead atoms. The molecule has 0 heterocycles. The number of halogens is 1. The standard InChI is InChI=1S/C15H16FNO/c16-13-6-8-14(9-7-13)17-15(11-18)10-12-4-2-1-3-5-12/h1-9,15,17-18H,10-11H2. The molecule has 1 atom stereocenters. The van der Waals surface area contributed by atoms with Crippen molar-refractivity contribution >= 4 is 5.69 Å². The van der Waals surface area contributed by atoms with Crippen LogP contribution in [0.25, 0.3) is 0 Å². The Morgan fingerprint density at radius 1 is 1.00 bits per heavy atom. The zero-order valence-electron chi connectivity index (χ0n) is 10.0. The van der Waals surface area contributed by atoms with Crippen molar-refractivity contribution in [3.63, 3.8) is 0 Å². The van der Waals surface area contributed by atoms with Crippen LogP contribution in [-0.4, -0.2) is 17.8 Å². The second kappa shape index (κ2) is 6.17. The Kier molecular flexibility index (Phi) is 4.31. The van der Waals surface area contributed by atoms with Gasteiger partial charge in [-0.3, -0.25) is 0 Å². The molecule has 2 rings (SSSR count). The molecule has 0 spiro atoms. The normalized spacial score (nSPS) is 12.1. The van der Waals surface area contributed by atoms with E-state index >= 15 is 0 Å². The van der Waals surface area contributed by atoms with E-state index in [2.05, 4.69) is 5.32 Å². The summed E-state index contributed by atoms with van der Waals surface area (Å²) in [6.07, 6.45) is 0.731. The lowest BCUT2D eigenvalue weighted by atomic mass is 10.1. The van der Waals surface area contributed by atoms with Crippen LogP contribution >= 0.6 is 0 Å². The summed E-state index contributed by atoms with van der Waals surface area (Å²) in [6, 6.07) is 16.0. The molecule has 94 valence electrons. The molecule has 0 saturated carbocycles. The van der Waals surface area contributed by atoms with Crippen LogP contribution < -0.4 is 5.32 Å². The second-order valence-electron chi connectivity index (χ2n) is 4.22. The summed E-state index contributed by atoms with van der Waals surface area (Å²) in [6.45, 7) is 0.0340. The van der Waals surface area contributed by atoms with Crippen LogP contribution in [0.5, 0.6) is 0 Å². The van der Waals surface area contributed by atoms with E-state index in [0.717, 1.165) is 17.7 Å². The molecular formula is C15H16FNO. The topological polar surface area (TPSA) is 32.3 Å². The molecule has 2 nitrogen and oxygen atoms in total. The summed E-state index contributed by atoms with van der Waals surface area (Å²) in [5, 5.41) is 12.6. The van der Waals surface area contributed by atoms with Gasteiger partial charge in [0.15, 0.2) is 0 Å². The van der Waals surface area contributed by atoms with E-state index in [9.17, 15) is 9.50 Å². The van der Waals surface area contributed by atoms with E-state index < -0.39 is 0 Å². The predicted molar refractivity (Wildman–Crippen MR) is 71.0 cm³/mol. The first-order chi connectivity index (χ1) is 8.78. The minimum atomic E-state index is -0.260. The number of hydrogen-bond acceptors (Lipinski definition) is 2. The molecule has 2 aromatic rings. The third-order valence-corrected chi connectivity index (χ3v) is 2.76. The molecule has 2 N–H and O–H groups in total. The number of nitrogens with one attached hydrogen (secondary N) is 1. The van der Waals surface area contributed by atoms with Crippen molar-refractivity contribution in [1.82, 2.24) is 0 Å². The maximum absolute atomic E-state index is 12.8. The summed E-state index contributed by atoms with van der Waals surface area (Å²) >= 11 is 0. The van der Waals surface area contributed by atoms with E-state index in [1.165, 1.54) is 12.1 Å². The van der Waals surface area contributed by atoms with Gasteiger partial charge >= 0.3 is 0 Å². The first-order valence-electron chi connectivity index (χ1n) is 5.95. The average molecular weight is 245 g/mol. The van der Waals surface area contributed by atoms with Crippen LogP contribution in [-0.2, 0) is 6.42 Å². The molecule has 3 heteroatoms. The fourth-order valence-corrected chi connectivity index (χ4v) is 1.84. The van der Waals surface area contributed by atoms with Crippen molar-refractivity contribution in [2.75, 3.05) is 11.9 Å². The van der Waals surface area contributed by atoms with Crippen LogP contribution in [0, 0.1) is 5.82 Å². The lowest BCUT2D eigenvalue weighted by Crippen LogP contribution is -2.26. The molecule has 0 radical (unpaired) electrons. The molecule has 18 heavy (non-hydrogen) atoms. The molecule has 0 aromatic heterocycles. The summed E-state index contributed by atoms with van der Waals surface area (Å²) in [7, 11) is 0. The summed E-state index contributed by atoms with van der Waals surface area (Å²) < 4.78 is 12.8. The highest BCUT2D eigenvalue weighted by Gasteiger charge is 2.08. The highest BCUT2D eigenvalue weighted by atomic mass is 19.1. The second-order valence-corrected chi connectivity index (χ2v) is 4.22. The Morgan fingerprint density at radius 2 is 1.67 bits per heavy atom. The van der Waals surface area contributed by atoms with Crippen LogP contribution in [0.1, 0.15) is 5.56 Å². The fraction of sp³-hybridized carbons (Fsp3) is 0.200. The van der Waals surface area contributed by atoms with Crippen LogP contribution in [0.3, 0.4) is 0 Å². The Morgan fingerprint density at radius 3 is 2.28 bits per heavy atom. The smallest absolute Gasteiger partial charge is 0.123 e. The van der Waals surface area contributed by atoms with E-state index in [-0.39, 0.29) is 18.5 Å². The molecule has 0 aliphatic heterocycles. The van der Waals surface area contributed by atoms with Crippen LogP contribution in [0.2, 0.25) is 0 Å². The number of rotatable bonds is 5. The van der Waals surface area contributed by atoms with Crippen LogP contribution in [0.15, 0.2) is 54.6 Å². The van der Waals surface area contributed by atoms with Crippen molar-refractivity contribution in [1.29, 1.82) is 0 Å². The van der Waals surface area contributed by atoms with E-state index in [0.29, 0.717) is 0 Å². The lowest BCUT2D eigenvalue weighted by molar-refractivity contribution is 0.273. The van der Waals surface area contributed by atoms with Gasteiger partial charge < -0.3 is 10.4 Å². The van der Waals surface area contributed by atoms with Crippen molar-refractivity contribution in [3.8, 4) is 0 Å². The molecular weight excluding hydrogens is 229 g/mol. The van der Waals surface area contributed by atoms with Crippen molar-refractivity contribution in [3.05, 3.63) is 66.0 Å². The zero-order valence-corrected chi connectivity index (χ0v) is 10.0. The molecule has 0 aliphatic carbocycles. The van der Waals surface area contributed by atoms with Crippen molar-refractivity contribution in [2.45, 2.75) is 12.5 Å². The lowest BCUT2D eigenvalue weighted by Gasteiger charge is -2.17. The van der Waals surface area contributed by atoms with Gasteiger partial charge in [0.25, 0.3) is 0 Å². The summed E-state index contributed by atoms with van der Waals surface area (Å²) in [5.41, 5.74) is 1.97. The van der Waals surface area contributed by atoms with E-state index in [4.69, 9.17) is 0 Å². The van der Waals surface area contributed by atoms with Gasteiger partial charge in [-0.25, -0.2) is 4.39 Å². The zero-order chi connectivity index (χ0) is 12.8. The number of hydrogen-bond donors (Lipinski definition) is 2. The third kappa shape index (κ3) is 3.57. The molecule has 0 saturated heterocycles. The number of benzene rings is 2. The summed E-state index contributed by atoms with van der Waals surface area (Å²) in [5.74, 6) is -0.260. The highest BCUT2D eigenvalue weighted by molar-refractivity contribution is 5.44. The van der Waals surface area contributed by atoms with Gasteiger partial charge in [-0.1, -0.05) is 30.3 Å². The first kappa shape index (κ1) is 12.6. The third-order valence-electron chi connectivity index (χ3n) is 2.76. The monoisotopic (exact) mass is 245 g/mol. The van der Waals surface area contributed by atoms with Crippen molar-refractivity contribution in [2.24, 2.45) is 0 Å². The van der Waals surface area contributed by atoms with Gasteiger partial charge in [0.05, 0.1) is 12.6 Å². The Bertz CT molecular complexity index is 470. The van der Waals surface area contributed by atoms with Gasteiger partial charge in [-0.05, 0) is 36.2 Å². The minimum Gasteiger partial charge on any atom is -0.394 e. The average Bonchev–Trinajstić information content (AvgIpc) is 2.41. The SMILES string of the molecule is OCC(Cc1ccccc1)Nc1ccc(F)cc1. The summed E-state index contributed by atoms with van der Waals surface area (Å²) in [4.78, 5) is 0. The molecule has 2 aromatic carbocycles. The van der Waals surface area contributed by atoms with Gasteiger partial charge in [0.2, 0.25) is 0 Å². The maximum atomic E-state index is 12.8. The van der Waals surface area contributed by atoms with Gasteiger partial charge in [0, 0.05) is 5.69 Å². The Hall–Kier alpha value is -1.87. The first-order valence-corrected chi connectivity index (χ1v) is 5.95. The number of aliphatic hydroxyl groups excluding tert-OH is 1. The molecule has 1 unspecified atom stereocenters. The molecule has 0 fully saturated rings. The van der Waals surface area contributed by atoms with Gasteiger partial charge in [-0.2, -0.15) is 0 Å². The van der Waals surface area contributed by atoms with Gasteiger partial charge in [0.1, 0.15) is 5.82 Å². The van der Waals surface area contributed by atoms with E-state index in [1.807, 2.05) is 30.3 Å². The Labute approximate surface area is 106 Å².